The van der Waals surface area contributed by atoms with Gasteiger partial charge in [-0.25, -0.2) is 0 Å². The molecular formula is C14H25N3O2. The smallest absolute Gasteiger partial charge is 0.237 e. The van der Waals surface area contributed by atoms with E-state index in [4.69, 9.17) is 11.5 Å². The van der Waals surface area contributed by atoms with Crippen LogP contribution in [0.4, 0.5) is 0 Å². The fourth-order valence-corrected chi connectivity index (χ4v) is 2.78. The quantitative estimate of drug-likeness (QED) is 0.596. The van der Waals surface area contributed by atoms with Crippen LogP contribution >= 0.6 is 0 Å². The van der Waals surface area contributed by atoms with E-state index >= 15 is 0 Å². The minimum atomic E-state index is -0.845. The highest BCUT2D eigenvalue weighted by atomic mass is 16.2. The Morgan fingerprint density at radius 1 is 1.32 bits per heavy atom. The molecule has 0 spiro atoms. The standard InChI is InChI=1S/C14H25N3O2/c1-2-6-14(7-4-3-5-8-14)10-17-13(19)11(15)9-12(16)18/h2,11H,1,3-10,15H2,(H2,16,18)(H,17,19)/t11-/m0/s1. The van der Waals surface area contributed by atoms with E-state index in [-0.39, 0.29) is 17.7 Å². The highest BCUT2D eigenvalue weighted by molar-refractivity contribution is 5.87. The molecule has 0 aromatic carbocycles. The molecule has 1 fully saturated rings. The van der Waals surface area contributed by atoms with Gasteiger partial charge >= 0.3 is 0 Å². The maximum absolute atomic E-state index is 11.8. The molecule has 0 aliphatic heterocycles. The second-order valence-corrected chi connectivity index (χ2v) is 5.55. The molecule has 5 N–H and O–H groups in total. The third-order valence-electron chi connectivity index (χ3n) is 3.89. The highest BCUT2D eigenvalue weighted by Gasteiger charge is 2.31. The average molecular weight is 267 g/mol. The lowest BCUT2D eigenvalue weighted by Crippen LogP contribution is -2.47. The van der Waals surface area contributed by atoms with Gasteiger partial charge in [-0.2, -0.15) is 0 Å². The molecule has 0 aromatic heterocycles. The van der Waals surface area contributed by atoms with Crippen molar-refractivity contribution < 1.29 is 9.59 Å². The molecule has 1 aliphatic carbocycles. The van der Waals surface area contributed by atoms with Crippen LogP contribution in [0.3, 0.4) is 0 Å². The molecule has 0 radical (unpaired) electrons. The summed E-state index contributed by atoms with van der Waals surface area (Å²) in [4.78, 5) is 22.5. The van der Waals surface area contributed by atoms with E-state index in [1.54, 1.807) is 0 Å². The predicted molar refractivity (Wildman–Crippen MR) is 75.1 cm³/mol. The monoisotopic (exact) mass is 267 g/mol. The lowest BCUT2D eigenvalue weighted by molar-refractivity contribution is -0.126. The van der Waals surface area contributed by atoms with Crippen molar-refractivity contribution >= 4 is 11.8 Å². The van der Waals surface area contributed by atoms with Gasteiger partial charge in [0.25, 0.3) is 0 Å². The Labute approximate surface area is 114 Å². The number of allylic oxidation sites excluding steroid dienone is 1. The molecule has 0 aromatic rings. The van der Waals surface area contributed by atoms with Gasteiger partial charge in [-0.3, -0.25) is 9.59 Å². The van der Waals surface area contributed by atoms with Gasteiger partial charge in [0.1, 0.15) is 0 Å². The van der Waals surface area contributed by atoms with Crippen LogP contribution < -0.4 is 16.8 Å². The van der Waals surface area contributed by atoms with Gasteiger partial charge in [0, 0.05) is 6.54 Å². The van der Waals surface area contributed by atoms with E-state index < -0.39 is 11.9 Å². The number of hydrogen-bond acceptors (Lipinski definition) is 3. The second kappa shape index (κ2) is 7.28. The summed E-state index contributed by atoms with van der Waals surface area (Å²) in [5.74, 6) is -0.853. The van der Waals surface area contributed by atoms with Crippen LogP contribution in [-0.4, -0.2) is 24.4 Å². The van der Waals surface area contributed by atoms with Crippen LogP contribution in [0.2, 0.25) is 0 Å². The molecule has 19 heavy (non-hydrogen) atoms. The van der Waals surface area contributed by atoms with Crippen LogP contribution in [0.25, 0.3) is 0 Å². The summed E-state index contributed by atoms with van der Waals surface area (Å²) in [6, 6.07) is -0.845. The first-order chi connectivity index (χ1) is 8.99. The molecule has 1 rings (SSSR count). The average Bonchev–Trinajstić information content (AvgIpc) is 2.36. The van der Waals surface area contributed by atoms with Crippen molar-refractivity contribution in [3.05, 3.63) is 12.7 Å². The first-order valence-corrected chi connectivity index (χ1v) is 6.91. The largest absolute Gasteiger partial charge is 0.370 e. The van der Waals surface area contributed by atoms with Gasteiger partial charge in [0.2, 0.25) is 11.8 Å². The van der Waals surface area contributed by atoms with Gasteiger partial charge in [-0.1, -0.05) is 25.3 Å². The first kappa shape index (κ1) is 15.7. The number of amides is 2. The Balaban J connectivity index is 2.49. The molecule has 5 nitrogen and oxygen atoms in total. The van der Waals surface area contributed by atoms with Crippen molar-refractivity contribution in [1.29, 1.82) is 0 Å². The van der Waals surface area contributed by atoms with Gasteiger partial charge in [-0.05, 0) is 24.7 Å². The van der Waals surface area contributed by atoms with E-state index in [0.29, 0.717) is 6.54 Å². The van der Waals surface area contributed by atoms with Crippen molar-refractivity contribution in [2.24, 2.45) is 16.9 Å². The Bertz CT molecular complexity index is 336. The number of carbonyl (C=O) groups is 2. The second-order valence-electron chi connectivity index (χ2n) is 5.55. The third kappa shape index (κ3) is 5.03. The van der Waals surface area contributed by atoms with E-state index in [1.807, 2.05) is 6.08 Å². The van der Waals surface area contributed by atoms with Crippen LogP contribution in [0.1, 0.15) is 44.9 Å². The van der Waals surface area contributed by atoms with Gasteiger partial charge in [-0.15, -0.1) is 6.58 Å². The van der Waals surface area contributed by atoms with Crippen molar-refractivity contribution in [2.75, 3.05) is 6.54 Å². The summed E-state index contributed by atoms with van der Waals surface area (Å²) in [7, 11) is 0. The minimum Gasteiger partial charge on any atom is -0.370 e. The zero-order valence-corrected chi connectivity index (χ0v) is 11.5. The van der Waals surface area contributed by atoms with Gasteiger partial charge < -0.3 is 16.8 Å². The zero-order valence-electron chi connectivity index (χ0n) is 11.5. The molecule has 108 valence electrons. The van der Waals surface area contributed by atoms with Crippen LogP contribution in [0, 0.1) is 5.41 Å². The molecule has 2 amide bonds. The van der Waals surface area contributed by atoms with Crippen molar-refractivity contribution in [3.63, 3.8) is 0 Å². The number of nitrogens with two attached hydrogens (primary N) is 2. The number of rotatable bonds is 7. The Morgan fingerprint density at radius 2 is 1.95 bits per heavy atom. The molecule has 1 saturated carbocycles. The normalized spacial score (nSPS) is 19.4. The topological polar surface area (TPSA) is 98.2 Å². The minimum absolute atomic E-state index is 0.111. The molecule has 0 heterocycles. The Kier molecular flexibility index (Phi) is 6.02. The molecular weight excluding hydrogens is 242 g/mol. The molecule has 5 heteroatoms. The van der Waals surface area contributed by atoms with Crippen molar-refractivity contribution in [1.82, 2.24) is 5.32 Å². The molecule has 0 bridgehead atoms. The van der Waals surface area contributed by atoms with E-state index in [2.05, 4.69) is 11.9 Å². The van der Waals surface area contributed by atoms with Crippen molar-refractivity contribution in [2.45, 2.75) is 51.0 Å². The molecule has 1 atom stereocenters. The Hall–Kier alpha value is -1.36. The lowest BCUT2D eigenvalue weighted by atomic mass is 9.72. The van der Waals surface area contributed by atoms with Crippen LogP contribution in [-0.2, 0) is 9.59 Å². The fourth-order valence-electron chi connectivity index (χ4n) is 2.78. The summed E-state index contributed by atoms with van der Waals surface area (Å²) in [5.41, 5.74) is 10.8. The lowest BCUT2D eigenvalue weighted by Gasteiger charge is -2.37. The molecule has 0 saturated heterocycles. The summed E-state index contributed by atoms with van der Waals surface area (Å²) in [6.45, 7) is 4.40. The fraction of sp³-hybridized carbons (Fsp3) is 0.714. The maximum atomic E-state index is 11.8. The number of primary amides is 1. The van der Waals surface area contributed by atoms with Gasteiger partial charge in [0.15, 0.2) is 0 Å². The summed E-state index contributed by atoms with van der Waals surface area (Å²) in [5, 5.41) is 2.86. The summed E-state index contributed by atoms with van der Waals surface area (Å²) >= 11 is 0. The van der Waals surface area contributed by atoms with Crippen LogP contribution in [0.5, 0.6) is 0 Å². The van der Waals surface area contributed by atoms with Gasteiger partial charge in [0.05, 0.1) is 12.5 Å². The molecule has 1 aliphatic rings. The predicted octanol–water partition coefficient (Wildman–Crippen LogP) is 0.832. The van der Waals surface area contributed by atoms with Crippen LogP contribution in [0.15, 0.2) is 12.7 Å². The van der Waals surface area contributed by atoms with E-state index in [1.165, 1.54) is 19.3 Å². The first-order valence-electron chi connectivity index (χ1n) is 6.91. The maximum Gasteiger partial charge on any atom is 0.237 e. The molecule has 0 unspecified atom stereocenters. The SMILES string of the molecule is C=CCC1(CNC(=O)[C@@H](N)CC(N)=O)CCCCC1. The zero-order chi connectivity index (χ0) is 14.3. The van der Waals surface area contributed by atoms with Crippen molar-refractivity contribution in [3.8, 4) is 0 Å². The highest BCUT2D eigenvalue weighted by Crippen LogP contribution is 2.38. The number of nitrogens with one attached hydrogen (secondary N) is 1. The third-order valence-corrected chi connectivity index (χ3v) is 3.89. The summed E-state index contributed by atoms with van der Waals surface area (Å²) < 4.78 is 0. The number of carbonyl (C=O) groups excluding carboxylic acids is 2. The van der Waals surface area contributed by atoms with E-state index in [9.17, 15) is 9.59 Å². The summed E-state index contributed by atoms with van der Waals surface area (Å²) in [6.07, 6.45) is 8.55. The number of hydrogen-bond donors (Lipinski definition) is 3. The van der Waals surface area contributed by atoms with E-state index in [0.717, 1.165) is 19.3 Å². The Morgan fingerprint density at radius 3 is 2.47 bits per heavy atom.